The van der Waals surface area contributed by atoms with Crippen LogP contribution in [0.25, 0.3) is 0 Å². The van der Waals surface area contributed by atoms with Gasteiger partial charge in [-0.15, -0.1) is 0 Å². The van der Waals surface area contributed by atoms with Crippen molar-refractivity contribution in [1.82, 2.24) is 9.78 Å². The Hall–Kier alpha value is -2.35. The van der Waals surface area contributed by atoms with Gasteiger partial charge in [-0.1, -0.05) is 24.6 Å². The lowest BCUT2D eigenvalue weighted by Gasteiger charge is -2.38. The molecule has 1 unspecified atom stereocenters. The van der Waals surface area contributed by atoms with Crippen LogP contribution in [-0.2, 0) is 15.3 Å². The molecule has 1 aromatic heterocycles. The van der Waals surface area contributed by atoms with E-state index >= 15 is 0 Å². The van der Waals surface area contributed by atoms with Crippen LogP contribution in [0.5, 0.6) is 0 Å². The van der Waals surface area contributed by atoms with Gasteiger partial charge in [-0.2, -0.15) is 5.10 Å². The molecule has 3 aliphatic rings. The van der Waals surface area contributed by atoms with E-state index in [1.165, 1.54) is 12.0 Å². The van der Waals surface area contributed by atoms with E-state index in [1.807, 2.05) is 23.1 Å². The fraction of sp³-hybridized carbons (Fsp3) is 0.474. The first-order valence-electron chi connectivity index (χ1n) is 9.39. The van der Waals surface area contributed by atoms with Gasteiger partial charge in [0.2, 0.25) is 0 Å². The van der Waals surface area contributed by atoms with Crippen molar-refractivity contribution in [2.45, 2.75) is 37.1 Å². The van der Waals surface area contributed by atoms with Crippen LogP contribution in [0.3, 0.4) is 0 Å². The number of nitrogens with one attached hydrogen (secondary N) is 1. The highest BCUT2D eigenvalue weighted by Gasteiger charge is 2.48. The van der Waals surface area contributed by atoms with Gasteiger partial charge < -0.3 is 0 Å². The highest BCUT2D eigenvalue weighted by molar-refractivity contribution is 7.91. The zero-order valence-corrected chi connectivity index (χ0v) is 15.8. The number of aromatic nitrogens is 2. The number of benzene rings is 1. The Morgan fingerprint density at radius 2 is 2.04 bits per heavy atom. The average molecular weight is 386 g/mol. The van der Waals surface area contributed by atoms with E-state index in [0.29, 0.717) is 18.8 Å². The van der Waals surface area contributed by atoms with E-state index in [2.05, 4.69) is 16.5 Å². The lowest BCUT2D eigenvalue weighted by atomic mass is 9.66. The summed E-state index contributed by atoms with van der Waals surface area (Å²) in [4.78, 5) is 14.9. The molecule has 8 heteroatoms. The Balaban J connectivity index is 1.39. The zero-order chi connectivity index (χ0) is 18.6. The number of amides is 2. The van der Waals surface area contributed by atoms with Crippen LogP contribution < -0.4 is 10.2 Å². The number of hydrogen-bond donors (Lipinski definition) is 1. The van der Waals surface area contributed by atoms with Gasteiger partial charge in [0.25, 0.3) is 0 Å². The van der Waals surface area contributed by atoms with E-state index in [4.69, 9.17) is 0 Å². The van der Waals surface area contributed by atoms with Crippen LogP contribution in [-0.4, -0.2) is 42.3 Å². The minimum atomic E-state index is -3.02. The number of nitrogens with zero attached hydrogens (tertiary/aromatic N) is 3. The third-order valence-corrected chi connectivity index (χ3v) is 7.99. The molecule has 3 heterocycles. The number of fused-ring (bicyclic) bond motifs is 2. The maximum atomic E-state index is 13.1. The largest absolute Gasteiger partial charge is 0.327 e. The SMILES string of the molecule is O=C(Nc1ccnn1C1CCS(=O)(=O)C1)N1CC2(CCC2)c2ccccc21. The molecule has 27 heavy (non-hydrogen) atoms. The van der Waals surface area contributed by atoms with Crippen molar-refractivity contribution in [2.24, 2.45) is 0 Å². The first-order valence-corrected chi connectivity index (χ1v) is 11.2. The molecular formula is C19H22N4O3S. The van der Waals surface area contributed by atoms with Crippen molar-refractivity contribution >= 4 is 27.4 Å². The van der Waals surface area contributed by atoms with Crippen molar-refractivity contribution < 1.29 is 13.2 Å². The molecule has 1 N–H and O–H groups in total. The molecule has 1 saturated heterocycles. The molecule has 2 fully saturated rings. The van der Waals surface area contributed by atoms with Gasteiger partial charge in [-0.25, -0.2) is 17.9 Å². The Labute approximate surface area is 158 Å². The van der Waals surface area contributed by atoms with Crippen LogP contribution in [0.2, 0.25) is 0 Å². The van der Waals surface area contributed by atoms with Crippen molar-refractivity contribution in [2.75, 3.05) is 28.3 Å². The smallest absolute Gasteiger partial charge is 0.293 e. The van der Waals surface area contributed by atoms with Crippen molar-refractivity contribution in [3.8, 4) is 0 Å². The highest BCUT2D eigenvalue weighted by atomic mass is 32.2. The molecule has 2 aliphatic heterocycles. The van der Waals surface area contributed by atoms with E-state index in [-0.39, 0.29) is 29.0 Å². The predicted octanol–water partition coefficient (Wildman–Crippen LogP) is 2.72. The summed E-state index contributed by atoms with van der Waals surface area (Å²) in [5, 5.41) is 7.22. The topological polar surface area (TPSA) is 84.3 Å². The quantitative estimate of drug-likeness (QED) is 0.860. The number of rotatable bonds is 2. The van der Waals surface area contributed by atoms with Gasteiger partial charge in [-0.05, 0) is 30.9 Å². The number of carbonyl (C=O) groups is 1. The predicted molar refractivity (Wildman–Crippen MR) is 103 cm³/mol. The first kappa shape index (κ1) is 16.8. The number of hydrogen-bond acceptors (Lipinski definition) is 4. The number of sulfone groups is 1. The second-order valence-electron chi connectivity index (χ2n) is 7.89. The summed E-state index contributed by atoms with van der Waals surface area (Å²) < 4.78 is 25.2. The minimum Gasteiger partial charge on any atom is -0.293 e. The number of carbonyl (C=O) groups excluding carboxylic acids is 1. The Morgan fingerprint density at radius 1 is 1.22 bits per heavy atom. The molecule has 5 rings (SSSR count). The minimum absolute atomic E-state index is 0.0766. The Morgan fingerprint density at radius 3 is 2.74 bits per heavy atom. The summed E-state index contributed by atoms with van der Waals surface area (Å²) in [6.45, 7) is 0.699. The first-order chi connectivity index (χ1) is 13.0. The summed E-state index contributed by atoms with van der Waals surface area (Å²) in [5.74, 6) is 0.800. The van der Waals surface area contributed by atoms with Gasteiger partial charge in [0.15, 0.2) is 9.84 Å². The van der Waals surface area contributed by atoms with Gasteiger partial charge in [0, 0.05) is 23.7 Å². The van der Waals surface area contributed by atoms with Crippen LogP contribution in [0, 0.1) is 0 Å². The van der Waals surface area contributed by atoms with Gasteiger partial charge >= 0.3 is 6.03 Å². The number of anilines is 2. The number of para-hydroxylation sites is 1. The average Bonchev–Trinajstić information content (AvgIpc) is 3.29. The van der Waals surface area contributed by atoms with Gasteiger partial charge in [0.05, 0.1) is 23.7 Å². The molecule has 1 aromatic carbocycles. The summed E-state index contributed by atoms with van der Waals surface area (Å²) in [6, 6.07) is 9.46. The normalized spacial score (nSPS) is 24.6. The fourth-order valence-corrected chi connectivity index (χ4v) is 6.38. The lowest BCUT2D eigenvalue weighted by molar-refractivity contribution is 0.244. The van der Waals surface area contributed by atoms with E-state index in [1.54, 1.807) is 16.9 Å². The van der Waals surface area contributed by atoms with E-state index in [9.17, 15) is 13.2 Å². The van der Waals surface area contributed by atoms with Crippen molar-refractivity contribution in [3.05, 3.63) is 42.1 Å². The molecule has 0 radical (unpaired) electrons. The fourth-order valence-electron chi connectivity index (χ4n) is 4.69. The molecule has 142 valence electrons. The third-order valence-electron chi connectivity index (χ3n) is 6.24. The molecule has 2 amide bonds. The number of urea groups is 1. The summed E-state index contributed by atoms with van der Waals surface area (Å²) in [6.07, 6.45) is 5.57. The second-order valence-corrected chi connectivity index (χ2v) is 10.1. The molecule has 0 bridgehead atoms. The molecular weight excluding hydrogens is 364 g/mol. The van der Waals surface area contributed by atoms with E-state index < -0.39 is 9.84 Å². The van der Waals surface area contributed by atoms with Crippen LogP contribution in [0.15, 0.2) is 36.5 Å². The molecule has 1 spiro atoms. The Bertz CT molecular complexity index is 1010. The molecule has 1 aliphatic carbocycles. The zero-order valence-electron chi connectivity index (χ0n) is 15.0. The third kappa shape index (κ3) is 2.65. The van der Waals surface area contributed by atoms with Gasteiger partial charge in [-0.3, -0.25) is 10.2 Å². The lowest BCUT2D eigenvalue weighted by Crippen LogP contribution is -2.43. The molecule has 1 saturated carbocycles. The van der Waals surface area contributed by atoms with Crippen LogP contribution >= 0.6 is 0 Å². The molecule has 1 atom stereocenters. The van der Waals surface area contributed by atoms with E-state index in [0.717, 1.165) is 18.5 Å². The molecule has 2 aromatic rings. The summed E-state index contributed by atoms with van der Waals surface area (Å²) >= 11 is 0. The Kier molecular flexibility index (Phi) is 3.62. The summed E-state index contributed by atoms with van der Waals surface area (Å²) in [5.41, 5.74) is 2.35. The van der Waals surface area contributed by atoms with Gasteiger partial charge in [0.1, 0.15) is 5.82 Å². The molecule has 7 nitrogen and oxygen atoms in total. The van der Waals surface area contributed by atoms with Crippen molar-refractivity contribution in [3.63, 3.8) is 0 Å². The maximum absolute atomic E-state index is 13.1. The van der Waals surface area contributed by atoms with Crippen molar-refractivity contribution in [1.29, 1.82) is 0 Å². The second kappa shape index (κ2) is 5.82. The maximum Gasteiger partial charge on any atom is 0.327 e. The monoisotopic (exact) mass is 386 g/mol. The highest BCUT2D eigenvalue weighted by Crippen LogP contribution is 2.52. The standard InChI is InChI=1S/C19H22N4O3S/c24-18(21-17-6-10-20-23(17)14-7-11-27(25,26)12-14)22-13-19(8-3-9-19)15-4-1-2-5-16(15)22/h1-2,4-6,10,14H,3,7-9,11-13H2,(H,21,24). The summed E-state index contributed by atoms with van der Waals surface area (Å²) in [7, 11) is -3.02. The van der Waals surface area contributed by atoms with Crippen LogP contribution in [0.4, 0.5) is 16.3 Å². The van der Waals surface area contributed by atoms with Crippen LogP contribution in [0.1, 0.15) is 37.3 Å².